The summed E-state index contributed by atoms with van der Waals surface area (Å²) in [5.41, 5.74) is 0. The molecule has 0 bridgehead atoms. The number of nitrogens with zero attached hydrogens (tertiary/aromatic N) is 2. The molecule has 1 heterocycles. The summed E-state index contributed by atoms with van der Waals surface area (Å²) in [5, 5.41) is 10.1. The molecule has 0 aliphatic rings. The van der Waals surface area contributed by atoms with Crippen LogP contribution in [0.4, 0.5) is 0 Å². The lowest BCUT2D eigenvalue weighted by Gasteiger charge is -1.80. The molecule has 0 aromatic carbocycles. The number of aromatic nitrogens is 1. The Kier molecular flexibility index (Phi) is 3.02. The average Bonchev–Trinajstić information content (AvgIpc) is 2.26. The second-order valence-corrected chi connectivity index (χ2v) is 3.69. The molecule has 0 fully saturated rings. The molecular weight excluding hydrogens is 223 g/mol. The highest BCUT2D eigenvalue weighted by molar-refractivity contribution is 7.17. The second-order valence-electron chi connectivity index (χ2n) is 1.72. The first-order valence-corrected chi connectivity index (χ1v) is 4.30. The molecule has 0 radical (unpaired) electrons. The van der Waals surface area contributed by atoms with Crippen molar-refractivity contribution in [3.05, 3.63) is 30.8 Å². The number of hydrogen-bond donors (Lipinski definition) is 0. The van der Waals surface area contributed by atoms with Gasteiger partial charge in [-0.25, -0.2) is 4.98 Å². The lowest BCUT2D eigenvalue weighted by molar-refractivity contribution is -0.400. The van der Waals surface area contributed by atoms with E-state index in [1.54, 1.807) is 0 Å². The van der Waals surface area contributed by atoms with Gasteiger partial charge in [0.25, 0.3) is 0 Å². The van der Waals surface area contributed by atoms with Crippen LogP contribution in [0.1, 0.15) is 4.88 Å². The highest BCUT2D eigenvalue weighted by Crippen LogP contribution is 2.27. The molecular formula is C5H2Cl2N2O2S. The van der Waals surface area contributed by atoms with Crippen LogP contribution in [-0.2, 0) is 0 Å². The molecule has 0 aliphatic carbocycles. The van der Waals surface area contributed by atoms with Crippen molar-refractivity contribution in [2.24, 2.45) is 0 Å². The van der Waals surface area contributed by atoms with Crippen molar-refractivity contribution in [1.82, 2.24) is 4.98 Å². The van der Waals surface area contributed by atoms with Crippen LogP contribution in [0.3, 0.4) is 0 Å². The van der Waals surface area contributed by atoms with Crippen molar-refractivity contribution in [3.8, 4) is 0 Å². The van der Waals surface area contributed by atoms with Gasteiger partial charge in [0, 0.05) is 6.08 Å². The molecule has 12 heavy (non-hydrogen) atoms. The third-order valence-electron chi connectivity index (χ3n) is 0.931. The van der Waals surface area contributed by atoms with Crippen LogP contribution < -0.4 is 0 Å². The fraction of sp³-hybridized carbons (Fsp3) is 0. The van der Waals surface area contributed by atoms with Gasteiger partial charge in [0.15, 0.2) is 4.47 Å². The zero-order chi connectivity index (χ0) is 9.14. The maximum Gasteiger partial charge on any atom is 0.235 e. The van der Waals surface area contributed by atoms with E-state index in [1.807, 2.05) is 0 Å². The van der Waals surface area contributed by atoms with Crippen LogP contribution in [0, 0.1) is 10.1 Å². The average molecular weight is 225 g/mol. The summed E-state index contributed by atoms with van der Waals surface area (Å²) in [5.74, 6) is 0. The summed E-state index contributed by atoms with van der Waals surface area (Å²) < 4.78 is 0.267. The lowest BCUT2D eigenvalue weighted by Crippen LogP contribution is -1.81. The highest BCUT2D eigenvalue weighted by atomic mass is 35.5. The van der Waals surface area contributed by atoms with Crippen LogP contribution >= 0.6 is 34.5 Å². The molecule has 1 aromatic heterocycles. The van der Waals surface area contributed by atoms with Crippen molar-refractivity contribution < 1.29 is 4.92 Å². The molecule has 0 spiro atoms. The Morgan fingerprint density at radius 1 is 1.58 bits per heavy atom. The Bertz CT molecular complexity index is 336. The minimum absolute atomic E-state index is 0.183. The van der Waals surface area contributed by atoms with Crippen LogP contribution in [0.25, 0.3) is 6.08 Å². The standard InChI is InChI=1S/C5H2Cl2N2O2S/c6-4-3(1-2-9(10)11)12-5(7)8-4/h1-2H. The van der Waals surface area contributed by atoms with Gasteiger partial charge in [-0.15, -0.1) is 11.3 Å². The smallest absolute Gasteiger partial charge is 0.235 e. The Balaban J connectivity index is 2.89. The number of hydrogen-bond acceptors (Lipinski definition) is 4. The van der Waals surface area contributed by atoms with Gasteiger partial charge in [0.1, 0.15) is 5.15 Å². The van der Waals surface area contributed by atoms with E-state index in [1.165, 1.54) is 6.08 Å². The third-order valence-corrected chi connectivity index (χ3v) is 2.46. The number of rotatable bonds is 2. The molecule has 1 aromatic rings. The maximum absolute atomic E-state index is 9.92. The van der Waals surface area contributed by atoms with Crippen LogP contribution in [0.2, 0.25) is 9.62 Å². The van der Waals surface area contributed by atoms with E-state index in [9.17, 15) is 10.1 Å². The molecule has 1 rings (SSSR count). The Morgan fingerprint density at radius 3 is 2.67 bits per heavy atom. The predicted molar refractivity (Wildman–Crippen MR) is 48.2 cm³/mol. The van der Waals surface area contributed by atoms with E-state index in [0.29, 0.717) is 4.88 Å². The first-order valence-electron chi connectivity index (χ1n) is 2.73. The van der Waals surface area contributed by atoms with Crippen LogP contribution in [0.5, 0.6) is 0 Å². The lowest BCUT2D eigenvalue weighted by atomic mass is 10.5. The van der Waals surface area contributed by atoms with Crippen LogP contribution in [0.15, 0.2) is 6.20 Å². The van der Waals surface area contributed by atoms with Crippen molar-refractivity contribution in [2.45, 2.75) is 0 Å². The molecule has 0 saturated heterocycles. The van der Waals surface area contributed by atoms with Gasteiger partial charge in [-0.05, 0) is 0 Å². The molecule has 64 valence electrons. The Morgan fingerprint density at radius 2 is 2.25 bits per heavy atom. The predicted octanol–water partition coefficient (Wildman–Crippen LogP) is 2.70. The molecule has 0 saturated carbocycles. The van der Waals surface area contributed by atoms with Crippen molar-refractivity contribution in [3.63, 3.8) is 0 Å². The summed E-state index contributed by atoms with van der Waals surface area (Å²) in [6.45, 7) is 0. The van der Waals surface area contributed by atoms with Gasteiger partial charge in [0.2, 0.25) is 6.20 Å². The van der Waals surface area contributed by atoms with Crippen molar-refractivity contribution in [2.75, 3.05) is 0 Å². The van der Waals surface area contributed by atoms with E-state index in [4.69, 9.17) is 23.2 Å². The molecule has 0 N–H and O–H groups in total. The van der Waals surface area contributed by atoms with Gasteiger partial charge in [-0.2, -0.15) is 0 Å². The van der Waals surface area contributed by atoms with Gasteiger partial charge in [-0.1, -0.05) is 23.2 Å². The topological polar surface area (TPSA) is 56.0 Å². The first-order chi connectivity index (χ1) is 5.59. The monoisotopic (exact) mass is 224 g/mol. The molecule has 0 unspecified atom stereocenters. The van der Waals surface area contributed by atoms with E-state index >= 15 is 0 Å². The Hall–Kier alpha value is -0.650. The number of thiazole rings is 1. The molecule has 0 amide bonds. The second kappa shape index (κ2) is 3.84. The summed E-state index contributed by atoms with van der Waals surface area (Å²) in [6, 6.07) is 0. The quantitative estimate of drug-likeness (QED) is 0.574. The van der Waals surface area contributed by atoms with Crippen molar-refractivity contribution >= 4 is 40.6 Å². The number of halogens is 2. The van der Waals surface area contributed by atoms with E-state index in [2.05, 4.69) is 4.98 Å². The van der Waals surface area contributed by atoms with Gasteiger partial charge in [-0.3, -0.25) is 10.1 Å². The minimum atomic E-state index is -0.579. The molecule has 7 heteroatoms. The molecule has 0 atom stereocenters. The number of nitro groups is 1. The van der Waals surface area contributed by atoms with Crippen molar-refractivity contribution in [1.29, 1.82) is 0 Å². The van der Waals surface area contributed by atoms with Gasteiger partial charge in [0.05, 0.1) is 9.80 Å². The normalized spacial score (nSPS) is 10.8. The third kappa shape index (κ3) is 2.44. The van der Waals surface area contributed by atoms with E-state index in [-0.39, 0.29) is 9.62 Å². The largest absolute Gasteiger partial charge is 0.259 e. The van der Waals surface area contributed by atoms with E-state index < -0.39 is 4.92 Å². The summed E-state index contributed by atoms with van der Waals surface area (Å²) in [6.07, 6.45) is 2.04. The minimum Gasteiger partial charge on any atom is -0.259 e. The molecule has 0 aliphatic heterocycles. The fourth-order valence-electron chi connectivity index (χ4n) is 0.519. The van der Waals surface area contributed by atoms with Gasteiger partial charge >= 0.3 is 0 Å². The summed E-state index contributed by atoms with van der Waals surface area (Å²) in [7, 11) is 0. The molecule has 4 nitrogen and oxygen atoms in total. The zero-order valence-electron chi connectivity index (χ0n) is 5.53. The summed E-state index contributed by atoms with van der Waals surface area (Å²) in [4.78, 5) is 13.5. The maximum atomic E-state index is 9.92. The van der Waals surface area contributed by atoms with Crippen LogP contribution in [-0.4, -0.2) is 9.91 Å². The summed E-state index contributed by atoms with van der Waals surface area (Å²) >= 11 is 12.2. The highest BCUT2D eigenvalue weighted by Gasteiger charge is 2.04. The fourth-order valence-corrected chi connectivity index (χ4v) is 1.79. The van der Waals surface area contributed by atoms with Gasteiger partial charge < -0.3 is 0 Å². The SMILES string of the molecule is O=[N+]([O-])C=Cc1sc(Cl)nc1Cl. The van der Waals surface area contributed by atoms with E-state index in [0.717, 1.165) is 17.5 Å². The zero-order valence-corrected chi connectivity index (χ0v) is 7.86. The first kappa shape index (κ1) is 9.44. The Labute approximate surface area is 81.6 Å².